The van der Waals surface area contributed by atoms with Crippen molar-refractivity contribution in [1.29, 1.82) is 0 Å². The molecule has 30 heavy (non-hydrogen) atoms. The summed E-state index contributed by atoms with van der Waals surface area (Å²) < 4.78 is 42.7. The number of rotatable bonds is 4. The first-order chi connectivity index (χ1) is 14.3. The molecule has 3 aromatic rings. The van der Waals surface area contributed by atoms with Gasteiger partial charge in [0.1, 0.15) is 19.0 Å². The highest BCUT2D eigenvalue weighted by Gasteiger charge is 2.41. The number of carbonyl (C=O) groups is 2. The minimum atomic E-state index is -5.15. The summed E-state index contributed by atoms with van der Waals surface area (Å²) in [7, 11) is 0. The van der Waals surface area contributed by atoms with E-state index in [1.807, 2.05) is 24.3 Å². The summed E-state index contributed by atoms with van der Waals surface area (Å²) in [6, 6.07) is 13.8. The second kappa shape index (κ2) is 7.21. The molecule has 0 aliphatic heterocycles. The zero-order valence-corrected chi connectivity index (χ0v) is 15.2. The minimum absolute atomic E-state index is 0.0307. The number of hydrogen-bond acceptors (Lipinski definition) is 4. The highest BCUT2D eigenvalue weighted by Crippen LogP contribution is 2.45. The molecule has 0 saturated heterocycles. The fraction of sp³-hybridized carbons (Fsp3) is 0.150. The van der Waals surface area contributed by atoms with E-state index in [1.54, 1.807) is 24.3 Å². The Morgan fingerprint density at radius 3 is 2.17 bits per heavy atom. The number of alkyl halides is 3. The Kier molecular flexibility index (Phi) is 4.69. The number of benzene rings is 2. The van der Waals surface area contributed by atoms with Crippen molar-refractivity contribution in [1.82, 2.24) is 9.66 Å². The number of aromatic nitrogens is 2. The van der Waals surface area contributed by atoms with Crippen molar-refractivity contribution in [2.24, 2.45) is 0 Å². The van der Waals surface area contributed by atoms with Gasteiger partial charge in [0, 0.05) is 0 Å². The van der Waals surface area contributed by atoms with Gasteiger partial charge < -0.3 is 9.84 Å². The number of carboxylic acid groups (broad SMARTS) is 1. The number of ether oxygens (including phenoxy) is 1. The highest BCUT2D eigenvalue weighted by molar-refractivity contribution is 5.86. The molecule has 154 valence electrons. The van der Waals surface area contributed by atoms with Gasteiger partial charge in [-0.15, -0.1) is 0 Å². The largest absolute Gasteiger partial charge is 0.490 e. The van der Waals surface area contributed by atoms with Gasteiger partial charge in [0.25, 0.3) is 0 Å². The predicted octanol–water partition coefficient (Wildman–Crippen LogP) is 3.87. The Hall–Kier alpha value is -3.82. The molecule has 1 heterocycles. The number of halogens is 3. The van der Waals surface area contributed by atoms with Crippen LogP contribution in [0.25, 0.3) is 11.1 Å². The number of hydrogen-bond donors (Lipinski definition) is 1. The van der Waals surface area contributed by atoms with Gasteiger partial charge in [-0.05, 0) is 22.3 Å². The van der Waals surface area contributed by atoms with Crippen LogP contribution in [0.4, 0.5) is 18.0 Å². The van der Waals surface area contributed by atoms with Crippen molar-refractivity contribution in [2.45, 2.75) is 18.8 Å². The van der Waals surface area contributed by atoms with Crippen molar-refractivity contribution in [2.75, 3.05) is 5.01 Å². The minimum Gasteiger partial charge on any atom is -0.464 e. The first-order valence-corrected chi connectivity index (χ1v) is 8.75. The summed E-state index contributed by atoms with van der Waals surface area (Å²) in [4.78, 5) is 27.1. The summed E-state index contributed by atoms with van der Waals surface area (Å²) in [5.74, 6) is -2.37. The van der Waals surface area contributed by atoms with Gasteiger partial charge in [-0.1, -0.05) is 48.5 Å². The van der Waals surface area contributed by atoms with Gasteiger partial charge in [0.15, 0.2) is 0 Å². The second-order valence-corrected chi connectivity index (χ2v) is 6.51. The van der Waals surface area contributed by atoms with E-state index in [1.165, 1.54) is 0 Å². The van der Waals surface area contributed by atoms with Crippen molar-refractivity contribution in [3.8, 4) is 11.1 Å². The second-order valence-electron chi connectivity index (χ2n) is 6.51. The normalized spacial score (nSPS) is 12.9. The van der Waals surface area contributed by atoms with E-state index in [4.69, 9.17) is 0 Å². The zero-order chi connectivity index (χ0) is 21.5. The molecule has 0 atom stereocenters. The van der Waals surface area contributed by atoms with Crippen LogP contribution >= 0.6 is 0 Å². The number of fused-ring (bicyclic) bond motifs is 3. The Bertz CT molecular complexity index is 1080. The monoisotopic (exact) mass is 417 g/mol. The van der Waals surface area contributed by atoms with Crippen molar-refractivity contribution >= 4 is 12.1 Å². The number of nitrogens with zero attached hydrogens (tertiary/aromatic N) is 3. The fourth-order valence-corrected chi connectivity index (χ4v) is 3.55. The molecule has 7 nitrogen and oxygen atoms in total. The van der Waals surface area contributed by atoms with Crippen LogP contribution in [0.1, 0.15) is 22.9 Å². The fourth-order valence-electron chi connectivity index (χ4n) is 3.55. The number of imidazole rings is 1. The molecule has 4 rings (SSSR count). The molecule has 10 heteroatoms. The predicted molar refractivity (Wildman–Crippen MR) is 98.0 cm³/mol. The van der Waals surface area contributed by atoms with Crippen LogP contribution in [0, 0.1) is 0 Å². The van der Waals surface area contributed by atoms with Crippen LogP contribution in [-0.4, -0.2) is 33.0 Å². The zero-order valence-electron chi connectivity index (χ0n) is 15.2. The van der Waals surface area contributed by atoms with E-state index in [0.29, 0.717) is 11.1 Å². The molecule has 0 spiro atoms. The lowest BCUT2D eigenvalue weighted by Crippen LogP contribution is -2.43. The standard InChI is InChI=1S/C20H14F3N3O4/c21-20(22,23)18(27)30-10-12-9-24-11-25(12)26(19(28)29)17-15-7-3-1-5-13(15)14-6-2-4-8-16(14)17/h1-9,11,17H,10H2,(H,28,29). The van der Waals surface area contributed by atoms with Crippen LogP contribution in [0.3, 0.4) is 0 Å². The summed E-state index contributed by atoms with van der Waals surface area (Å²) >= 11 is 0. The highest BCUT2D eigenvalue weighted by atomic mass is 19.4. The summed E-state index contributed by atoms with van der Waals surface area (Å²) in [5.41, 5.74) is 3.11. The first-order valence-electron chi connectivity index (χ1n) is 8.75. The number of amides is 1. The maximum atomic E-state index is 12.4. The summed E-state index contributed by atoms with van der Waals surface area (Å²) in [6.45, 7) is -0.794. The molecule has 0 unspecified atom stereocenters. The van der Waals surface area contributed by atoms with Gasteiger partial charge in [0.05, 0.1) is 11.9 Å². The average molecular weight is 417 g/mol. The molecular formula is C20H14F3N3O4. The number of esters is 1. The van der Waals surface area contributed by atoms with Gasteiger partial charge in [-0.2, -0.15) is 13.2 Å². The lowest BCUT2D eigenvalue weighted by molar-refractivity contribution is -0.201. The topological polar surface area (TPSA) is 84.7 Å². The third-order valence-corrected chi connectivity index (χ3v) is 4.75. The third kappa shape index (κ3) is 3.25. The van der Waals surface area contributed by atoms with Crippen LogP contribution in [0.5, 0.6) is 0 Å². The first kappa shape index (κ1) is 19.5. The van der Waals surface area contributed by atoms with Crippen LogP contribution in [0.2, 0.25) is 0 Å². The molecule has 0 saturated carbocycles. The van der Waals surface area contributed by atoms with E-state index >= 15 is 0 Å². The maximum absolute atomic E-state index is 12.4. The van der Waals surface area contributed by atoms with E-state index in [2.05, 4.69) is 9.72 Å². The van der Waals surface area contributed by atoms with E-state index in [-0.39, 0.29) is 5.69 Å². The molecule has 1 aromatic heterocycles. The van der Waals surface area contributed by atoms with Gasteiger partial charge in [-0.25, -0.2) is 24.3 Å². The van der Waals surface area contributed by atoms with E-state index < -0.39 is 30.9 Å². The quantitative estimate of drug-likeness (QED) is 0.652. The SMILES string of the molecule is O=C(O)N(C1c2ccccc2-c2ccccc21)n1cncc1COC(=O)C(F)(F)F. The molecule has 2 aromatic carbocycles. The van der Waals surface area contributed by atoms with Crippen molar-refractivity contribution in [3.63, 3.8) is 0 Å². The molecule has 0 fully saturated rings. The van der Waals surface area contributed by atoms with Crippen LogP contribution in [0.15, 0.2) is 61.1 Å². The Morgan fingerprint density at radius 1 is 1.07 bits per heavy atom. The summed E-state index contributed by atoms with van der Waals surface area (Å²) in [6.07, 6.45) is -4.21. The van der Waals surface area contributed by atoms with E-state index in [9.17, 15) is 27.9 Å². The molecule has 0 radical (unpaired) electrons. The maximum Gasteiger partial charge on any atom is 0.490 e. The van der Waals surface area contributed by atoms with E-state index in [0.717, 1.165) is 33.3 Å². The molecule has 1 aliphatic rings. The Labute approximate surface area is 167 Å². The number of carbonyl (C=O) groups excluding carboxylic acids is 1. The van der Waals surface area contributed by atoms with Gasteiger partial charge >= 0.3 is 18.2 Å². The average Bonchev–Trinajstić information content (AvgIpc) is 3.29. The lowest BCUT2D eigenvalue weighted by atomic mass is 10.1. The molecule has 1 aliphatic carbocycles. The van der Waals surface area contributed by atoms with Crippen molar-refractivity contribution < 1.29 is 32.6 Å². The molecule has 1 N–H and O–H groups in total. The Balaban J connectivity index is 1.75. The van der Waals surface area contributed by atoms with Gasteiger partial charge in [-0.3, -0.25) is 0 Å². The lowest BCUT2D eigenvalue weighted by Gasteiger charge is -2.29. The summed E-state index contributed by atoms with van der Waals surface area (Å²) in [5, 5.41) is 10.9. The molecule has 0 bridgehead atoms. The van der Waals surface area contributed by atoms with Crippen LogP contribution < -0.4 is 5.01 Å². The smallest absolute Gasteiger partial charge is 0.464 e. The van der Waals surface area contributed by atoms with Crippen LogP contribution in [-0.2, 0) is 16.1 Å². The molecule has 1 amide bonds. The third-order valence-electron chi connectivity index (χ3n) is 4.75. The van der Waals surface area contributed by atoms with Crippen molar-refractivity contribution in [3.05, 3.63) is 77.9 Å². The molecular weight excluding hydrogens is 403 g/mol. The van der Waals surface area contributed by atoms with Gasteiger partial charge in [0.2, 0.25) is 0 Å². The Morgan fingerprint density at radius 2 is 1.63 bits per heavy atom.